The minimum absolute atomic E-state index is 0.490. The van der Waals surface area contributed by atoms with Gasteiger partial charge in [-0.25, -0.2) is 0 Å². The molecule has 0 spiro atoms. The maximum Gasteiger partial charge on any atom is 0.167 e. The Hall–Kier alpha value is -2.46. The van der Waals surface area contributed by atoms with Crippen molar-refractivity contribution in [2.45, 2.75) is 20.8 Å². The van der Waals surface area contributed by atoms with E-state index in [1.165, 1.54) is 0 Å². The molecule has 0 aliphatic carbocycles. The molecule has 0 amide bonds. The van der Waals surface area contributed by atoms with Crippen LogP contribution in [0.15, 0.2) is 36.5 Å². The Bertz CT molecular complexity index is 930. The molecule has 0 aliphatic rings. The van der Waals surface area contributed by atoms with E-state index in [4.69, 9.17) is 21.1 Å². The molecule has 0 bridgehead atoms. The topological polar surface area (TPSA) is 39.9 Å². The second-order valence-electron chi connectivity index (χ2n) is 5.65. The lowest BCUT2D eigenvalue weighted by Gasteiger charge is -2.14. The van der Waals surface area contributed by atoms with Gasteiger partial charge in [0.1, 0.15) is 11.5 Å². The van der Waals surface area contributed by atoms with Crippen molar-refractivity contribution in [2.24, 2.45) is 0 Å². The minimum Gasteiger partial charge on any atom is -0.493 e. The number of halogens is 1. The third-order valence-electron chi connectivity index (χ3n) is 4.10. The molecule has 5 heteroatoms. The Balaban J connectivity index is 2.28. The number of carbonyl (C=O) groups is 1. The van der Waals surface area contributed by atoms with Crippen molar-refractivity contribution >= 4 is 23.4 Å². The molecule has 25 heavy (non-hydrogen) atoms. The van der Waals surface area contributed by atoms with E-state index >= 15 is 0 Å². The third kappa shape index (κ3) is 3.10. The quantitative estimate of drug-likeness (QED) is 0.571. The molecular formula is C20H20ClNO3. The molecule has 0 fully saturated rings. The number of hydrogen-bond acceptors (Lipinski definition) is 3. The second-order valence-corrected chi connectivity index (χ2v) is 6.06. The third-order valence-corrected chi connectivity index (χ3v) is 4.39. The monoisotopic (exact) mass is 357 g/mol. The number of carbonyl (C=O) groups excluding carboxylic acids is 1. The van der Waals surface area contributed by atoms with E-state index in [9.17, 15) is 4.79 Å². The normalized spacial score (nSPS) is 10.9. The molecular weight excluding hydrogens is 338 g/mol. The molecule has 3 aromatic rings. The zero-order chi connectivity index (χ0) is 18.0. The highest BCUT2D eigenvalue weighted by Crippen LogP contribution is 2.41. The number of ether oxygens (including phenoxy) is 2. The summed E-state index contributed by atoms with van der Waals surface area (Å²) in [5, 5.41) is 0.490. The van der Waals surface area contributed by atoms with Crippen LogP contribution in [0.3, 0.4) is 0 Å². The SMILES string of the molecule is CCOc1cc(OCC)c(-c2cc3c(C)cccn3c2C=O)cc1Cl. The Kier molecular flexibility index (Phi) is 5.00. The van der Waals surface area contributed by atoms with Gasteiger partial charge in [0.25, 0.3) is 0 Å². The molecule has 0 saturated heterocycles. The second kappa shape index (κ2) is 7.19. The highest BCUT2D eigenvalue weighted by Gasteiger charge is 2.19. The molecule has 0 radical (unpaired) electrons. The number of hydrogen-bond donors (Lipinski definition) is 0. The molecule has 130 valence electrons. The first-order valence-electron chi connectivity index (χ1n) is 8.26. The number of aryl methyl sites for hydroxylation is 1. The van der Waals surface area contributed by atoms with Crippen molar-refractivity contribution in [3.63, 3.8) is 0 Å². The zero-order valence-corrected chi connectivity index (χ0v) is 15.3. The van der Waals surface area contributed by atoms with Crippen molar-refractivity contribution in [1.29, 1.82) is 0 Å². The van der Waals surface area contributed by atoms with Crippen molar-refractivity contribution in [3.05, 3.63) is 52.8 Å². The molecule has 2 heterocycles. The van der Waals surface area contributed by atoms with Crippen LogP contribution in [0.2, 0.25) is 5.02 Å². The first-order valence-corrected chi connectivity index (χ1v) is 8.63. The maximum absolute atomic E-state index is 11.8. The predicted molar refractivity (Wildman–Crippen MR) is 100 cm³/mol. The zero-order valence-electron chi connectivity index (χ0n) is 14.5. The van der Waals surface area contributed by atoms with Gasteiger partial charge in [-0.15, -0.1) is 0 Å². The van der Waals surface area contributed by atoms with Crippen LogP contribution < -0.4 is 9.47 Å². The van der Waals surface area contributed by atoms with Gasteiger partial charge in [0.15, 0.2) is 6.29 Å². The number of aldehydes is 1. The molecule has 0 atom stereocenters. The van der Waals surface area contributed by atoms with Crippen molar-refractivity contribution in [3.8, 4) is 22.6 Å². The van der Waals surface area contributed by atoms with Crippen LogP contribution in [-0.2, 0) is 0 Å². The van der Waals surface area contributed by atoms with Gasteiger partial charge in [-0.3, -0.25) is 4.79 Å². The van der Waals surface area contributed by atoms with Crippen LogP contribution in [0.25, 0.3) is 16.6 Å². The highest BCUT2D eigenvalue weighted by atomic mass is 35.5. The van der Waals surface area contributed by atoms with E-state index in [-0.39, 0.29) is 0 Å². The summed E-state index contributed by atoms with van der Waals surface area (Å²) in [7, 11) is 0. The van der Waals surface area contributed by atoms with Crippen molar-refractivity contribution < 1.29 is 14.3 Å². The molecule has 3 rings (SSSR count). The van der Waals surface area contributed by atoms with Crippen LogP contribution in [0, 0.1) is 6.92 Å². The van der Waals surface area contributed by atoms with E-state index < -0.39 is 0 Å². The first kappa shape index (κ1) is 17.4. The largest absolute Gasteiger partial charge is 0.493 e. The Labute approximate surface area is 151 Å². The van der Waals surface area contributed by atoms with Gasteiger partial charge in [0, 0.05) is 28.9 Å². The summed E-state index contributed by atoms with van der Waals surface area (Å²) < 4.78 is 13.2. The van der Waals surface area contributed by atoms with Crippen molar-refractivity contribution in [1.82, 2.24) is 4.40 Å². The number of rotatable bonds is 6. The standard InChI is InChI=1S/C20H20ClNO3/c1-4-24-19-11-20(25-5-2)16(21)9-15(19)14-10-17-13(3)7-6-8-22(17)18(14)12-23/h6-12H,4-5H2,1-3H3. The Morgan fingerprint density at radius 2 is 1.80 bits per heavy atom. The van der Waals surface area contributed by atoms with Gasteiger partial charge >= 0.3 is 0 Å². The van der Waals surface area contributed by atoms with E-state index in [1.54, 1.807) is 12.1 Å². The van der Waals surface area contributed by atoms with Crippen LogP contribution in [-0.4, -0.2) is 23.9 Å². The van der Waals surface area contributed by atoms with Gasteiger partial charge in [-0.1, -0.05) is 17.7 Å². The highest BCUT2D eigenvalue weighted by molar-refractivity contribution is 6.32. The molecule has 4 nitrogen and oxygen atoms in total. The molecule has 2 aromatic heterocycles. The molecule has 0 N–H and O–H groups in total. The van der Waals surface area contributed by atoms with Crippen LogP contribution in [0.1, 0.15) is 29.9 Å². The Morgan fingerprint density at radius 3 is 2.48 bits per heavy atom. The minimum atomic E-state index is 0.490. The number of aromatic nitrogens is 1. The summed E-state index contributed by atoms with van der Waals surface area (Å²) in [4.78, 5) is 11.8. The van der Waals surface area contributed by atoms with Gasteiger partial charge in [0.05, 0.1) is 23.9 Å². The predicted octanol–water partition coefficient (Wildman–Crippen LogP) is 5.18. The number of pyridine rings is 1. The molecule has 1 aromatic carbocycles. The molecule has 0 aliphatic heterocycles. The van der Waals surface area contributed by atoms with Crippen LogP contribution >= 0.6 is 11.6 Å². The lowest BCUT2D eigenvalue weighted by atomic mass is 10.0. The summed E-state index contributed by atoms with van der Waals surface area (Å²) in [6.07, 6.45) is 2.74. The maximum atomic E-state index is 11.8. The summed E-state index contributed by atoms with van der Waals surface area (Å²) in [5.41, 5.74) is 4.21. The fraction of sp³-hybridized carbons (Fsp3) is 0.250. The Morgan fingerprint density at radius 1 is 1.08 bits per heavy atom. The first-order chi connectivity index (χ1) is 12.1. The summed E-state index contributed by atoms with van der Waals surface area (Å²) in [6, 6.07) is 9.52. The average molecular weight is 358 g/mol. The van der Waals surface area contributed by atoms with Gasteiger partial charge in [-0.05, 0) is 44.5 Å². The van der Waals surface area contributed by atoms with E-state index in [0.717, 1.165) is 28.5 Å². The van der Waals surface area contributed by atoms with Gasteiger partial charge in [0.2, 0.25) is 0 Å². The number of nitrogens with zero attached hydrogens (tertiary/aromatic N) is 1. The summed E-state index contributed by atoms with van der Waals surface area (Å²) in [5.74, 6) is 1.22. The number of benzene rings is 1. The summed E-state index contributed by atoms with van der Waals surface area (Å²) in [6.45, 7) is 6.85. The van der Waals surface area contributed by atoms with Crippen LogP contribution in [0.5, 0.6) is 11.5 Å². The van der Waals surface area contributed by atoms with E-state index in [0.29, 0.717) is 35.4 Å². The average Bonchev–Trinajstić information content (AvgIpc) is 2.98. The van der Waals surface area contributed by atoms with Gasteiger partial charge in [-0.2, -0.15) is 0 Å². The lowest BCUT2D eigenvalue weighted by molar-refractivity contribution is 0.111. The molecule has 0 unspecified atom stereocenters. The fourth-order valence-corrected chi connectivity index (χ4v) is 3.20. The van der Waals surface area contributed by atoms with Gasteiger partial charge < -0.3 is 13.9 Å². The fourth-order valence-electron chi connectivity index (χ4n) is 2.99. The van der Waals surface area contributed by atoms with Crippen LogP contribution in [0.4, 0.5) is 0 Å². The smallest absolute Gasteiger partial charge is 0.167 e. The van der Waals surface area contributed by atoms with E-state index in [2.05, 4.69) is 0 Å². The lowest BCUT2D eigenvalue weighted by Crippen LogP contribution is -1.99. The van der Waals surface area contributed by atoms with Crippen molar-refractivity contribution in [2.75, 3.05) is 13.2 Å². The number of fused-ring (bicyclic) bond motifs is 1. The molecule has 0 saturated carbocycles. The van der Waals surface area contributed by atoms with E-state index in [1.807, 2.05) is 49.6 Å². The summed E-state index contributed by atoms with van der Waals surface area (Å²) >= 11 is 6.38.